The highest BCUT2D eigenvalue weighted by atomic mass is 32.2. The number of thiophene rings is 1. The molecule has 2 amide bonds. The maximum Gasteiger partial charge on any atom is 0.268 e. The number of anilines is 1. The number of hydrogen-bond donors (Lipinski definition) is 0. The largest absolute Gasteiger partial charge is 0.310 e. The highest BCUT2D eigenvalue weighted by molar-refractivity contribution is 8.01. The molecule has 0 aliphatic carbocycles. The van der Waals surface area contributed by atoms with E-state index in [1.54, 1.807) is 16.7 Å². The molecular formula is C23H20N2O2S2. The number of rotatable bonds is 3. The van der Waals surface area contributed by atoms with Crippen LogP contribution in [0, 0.1) is 6.92 Å². The van der Waals surface area contributed by atoms with E-state index in [9.17, 15) is 9.59 Å². The Balaban J connectivity index is 1.59. The third-order valence-electron chi connectivity index (χ3n) is 5.50. The van der Waals surface area contributed by atoms with Gasteiger partial charge in [0.15, 0.2) is 4.87 Å². The van der Waals surface area contributed by atoms with Crippen LogP contribution in [0.5, 0.6) is 0 Å². The number of aryl methyl sites for hydroxylation is 1. The fourth-order valence-corrected chi connectivity index (χ4v) is 6.38. The van der Waals surface area contributed by atoms with Gasteiger partial charge in [0.1, 0.15) is 0 Å². The molecule has 0 saturated carbocycles. The van der Waals surface area contributed by atoms with Gasteiger partial charge in [-0.15, -0.1) is 23.1 Å². The summed E-state index contributed by atoms with van der Waals surface area (Å²) in [6, 6.07) is 19.8. The van der Waals surface area contributed by atoms with Crippen LogP contribution in [-0.2, 0) is 16.2 Å². The Hall–Kier alpha value is -2.57. The Kier molecular flexibility index (Phi) is 4.48. The second-order valence-electron chi connectivity index (χ2n) is 7.32. The van der Waals surface area contributed by atoms with Gasteiger partial charge in [-0.25, -0.2) is 0 Å². The summed E-state index contributed by atoms with van der Waals surface area (Å²) in [6.45, 7) is 3.12. The van der Waals surface area contributed by atoms with E-state index in [4.69, 9.17) is 0 Å². The number of para-hydroxylation sites is 1. The molecule has 3 aromatic rings. The van der Waals surface area contributed by atoms with Crippen LogP contribution in [0.4, 0.5) is 5.69 Å². The summed E-state index contributed by atoms with van der Waals surface area (Å²) in [6.07, 6.45) is 0. The third kappa shape index (κ3) is 2.81. The van der Waals surface area contributed by atoms with Gasteiger partial charge in [-0.2, -0.15) is 0 Å². The van der Waals surface area contributed by atoms with E-state index in [1.165, 1.54) is 16.9 Å². The molecule has 0 unspecified atom stereocenters. The van der Waals surface area contributed by atoms with E-state index in [-0.39, 0.29) is 11.8 Å². The lowest BCUT2D eigenvalue weighted by Crippen LogP contribution is -2.50. The molecule has 1 fully saturated rings. The predicted molar refractivity (Wildman–Crippen MR) is 118 cm³/mol. The maximum absolute atomic E-state index is 13.9. The third-order valence-corrected chi connectivity index (χ3v) is 7.78. The van der Waals surface area contributed by atoms with Crippen LogP contribution in [0.1, 0.15) is 26.4 Å². The molecule has 1 atom stereocenters. The first-order chi connectivity index (χ1) is 14.1. The maximum atomic E-state index is 13.9. The molecule has 1 saturated heterocycles. The first-order valence-electron chi connectivity index (χ1n) is 9.58. The Morgan fingerprint density at radius 1 is 1.10 bits per heavy atom. The minimum atomic E-state index is -0.971. The van der Waals surface area contributed by atoms with Gasteiger partial charge in [0.2, 0.25) is 0 Å². The van der Waals surface area contributed by atoms with E-state index >= 15 is 0 Å². The van der Waals surface area contributed by atoms with Gasteiger partial charge in [-0.1, -0.05) is 54.1 Å². The summed E-state index contributed by atoms with van der Waals surface area (Å²) >= 11 is 2.99. The topological polar surface area (TPSA) is 40.6 Å². The van der Waals surface area contributed by atoms with Gasteiger partial charge in [0.25, 0.3) is 11.8 Å². The summed E-state index contributed by atoms with van der Waals surface area (Å²) in [7, 11) is 0. The van der Waals surface area contributed by atoms with Gasteiger partial charge in [0, 0.05) is 17.9 Å². The summed E-state index contributed by atoms with van der Waals surface area (Å²) in [4.78, 5) is 30.5. The SMILES string of the molecule is Cc1cccc(CN2C(=O)[C@]3(SCCN3C(=O)c3cccs3)c3ccccc32)c1. The molecule has 0 bridgehead atoms. The highest BCUT2D eigenvalue weighted by Gasteiger charge is 2.59. The van der Waals surface area contributed by atoms with E-state index < -0.39 is 4.87 Å². The molecular weight excluding hydrogens is 400 g/mol. The number of amides is 2. The quantitative estimate of drug-likeness (QED) is 0.620. The second kappa shape index (κ2) is 7.04. The minimum absolute atomic E-state index is 0.0207. The number of thioether (sulfide) groups is 1. The van der Waals surface area contributed by atoms with E-state index in [0.29, 0.717) is 18.0 Å². The Labute approximate surface area is 178 Å². The first-order valence-corrected chi connectivity index (χ1v) is 11.4. The summed E-state index contributed by atoms with van der Waals surface area (Å²) in [5.74, 6) is 0.660. The smallest absolute Gasteiger partial charge is 0.268 e. The summed E-state index contributed by atoms with van der Waals surface area (Å²) in [5, 5.41) is 1.90. The van der Waals surface area contributed by atoms with Crippen molar-refractivity contribution >= 4 is 40.6 Å². The van der Waals surface area contributed by atoms with Gasteiger partial charge in [0.05, 0.1) is 17.1 Å². The van der Waals surface area contributed by atoms with Crippen molar-refractivity contribution in [3.8, 4) is 0 Å². The van der Waals surface area contributed by atoms with Crippen LogP contribution in [0.3, 0.4) is 0 Å². The standard InChI is InChI=1S/C23H20N2O2S2/c1-16-6-4-7-17(14-16)15-24-19-9-3-2-8-18(19)23(22(24)27)25(11-13-29-23)21(26)20-10-5-12-28-20/h2-10,12,14H,11,13,15H2,1H3/t23-/m1/s1. The van der Waals surface area contributed by atoms with Crippen LogP contribution in [0.2, 0.25) is 0 Å². The van der Waals surface area contributed by atoms with Crippen molar-refractivity contribution in [3.05, 3.63) is 87.6 Å². The summed E-state index contributed by atoms with van der Waals surface area (Å²) in [5.41, 5.74) is 4.08. The molecule has 0 radical (unpaired) electrons. The molecule has 6 heteroatoms. The number of carbonyl (C=O) groups is 2. The summed E-state index contributed by atoms with van der Waals surface area (Å²) < 4.78 is 0. The Bertz CT molecular complexity index is 1100. The molecule has 2 aromatic carbocycles. The molecule has 146 valence electrons. The molecule has 0 N–H and O–H groups in total. The average Bonchev–Trinajstić information content (AvgIpc) is 3.45. The number of fused-ring (bicyclic) bond motifs is 2. The predicted octanol–water partition coefficient (Wildman–Crippen LogP) is 4.65. The molecule has 2 aliphatic heterocycles. The van der Waals surface area contributed by atoms with Gasteiger partial charge >= 0.3 is 0 Å². The van der Waals surface area contributed by atoms with Crippen LogP contribution in [0.15, 0.2) is 66.0 Å². The van der Waals surface area contributed by atoms with Crippen molar-refractivity contribution < 1.29 is 9.59 Å². The molecule has 3 heterocycles. The zero-order valence-corrected chi connectivity index (χ0v) is 17.6. The van der Waals surface area contributed by atoms with Crippen molar-refractivity contribution in [2.75, 3.05) is 17.2 Å². The molecule has 1 aromatic heterocycles. The zero-order chi connectivity index (χ0) is 20.0. The van der Waals surface area contributed by atoms with Crippen molar-refractivity contribution in [3.63, 3.8) is 0 Å². The van der Waals surface area contributed by atoms with Crippen molar-refractivity contribution in [2.45, 2.75) is 18.3 Å². The fraction of sp³-hybridized carbons (Fsp3) is 0.217. The molecule has 5 rings (SSSR count). The normalized spacial score (nSPS) is 20.5. The van der Waals surface area contributed by atoms with Crippen molar-refractivity contribution in [1.29, 1.82) is 0 Å². The molecule has 2 aliphatic rings. The Morgan fingerprint density at radius 2 is 1.97 bits per heavy atom. The number of hydrogen-bond acceptors (Lipinski definition) is 4. The van der Waals surface area contributed by atoms with Gasteiger partial charge in [-0.05, 0) is 30.0 Å². The fourth-order valence-electron chi connectivity index (χ4n) is 4.25. The number of carbonyl (C=O) groups excluding carboxylic acids is 2. The van der Waals surface area contributed by atoms with Crippen LogP contribution < -0.4 is 4.90 Å². The molecule has 1 spiro atoms. The lowest BCUT2D eigenvalue weighted by molar-refractivity contribution is -0.123. The molecule has 4 nitrogen and oxygen atoms in total. The average molecular weight is 421 g/mol. The Morgan fingerprint density at radius 3 is 2.76 bits per heavy atom. The minimum Gasteiger partial charge on any atom is -0.310 e. The van der Waals surface area contributed by atoms with E-state index in [1.807, 2.05) is 58.8 Å². The first kappa shape index (κ1) is 18.5. The lowest BCUT2D eigenvalue weighted by Gasteiger charge is -2.33. The second-order valence-corrected chi connectivity index (χ2v) is 9.56. The van der Waals surface area contributed by atoms with Crippen molar-refractivity contribution in [2.24, 2.45) is 0 Å². The lowest BCUT2D eigenvalue weighted by atomic mass is 10.1. The van der Waals surface area contributed by atoms with E-state index in [0.717, 1.165) is 22.6 Å². The van der Waals surface area contributed by atoms with Crippen molar-refractivity contribution in [1.82, 2.24) is 4.90 Å². The number of nitrogens with zero attached hydrogens (tertiary/aromatic N) is 2. The van der Waals surface area contributed by atoms with Crippen LogP contribution in [0.25, 0.3) is 0 Å². The highest BCUT2D eigenvalue weighted by Crippen LogP contribution is 2.54. The van der Waals surface area contributed by atoms with E-state index in [2.05, 4.69) is 19.1 Å². The van der Waals surface area contributed by atoms with Gasteiger partial charge in [-0.3, -0.25) is 9.59 Å². The zero-order valence-electron chi connectivity index (χ0n) is 16.0. The molecule has 29 heavy (non-hydrogen) atoms. The monoisotopic (exact) mass is 420 g/mol. The van der Waals surface area contributed by atoms with Crippen LogP contribution >= 0.6 is 23.1 Å². The number of benzene rings is 2. The van der Waals surface area contributed by atoms with Crippen LogP contribution in [-0.4, -0.2) is 29.0 Å². The van der Waals surface area contributed by atoms with Gasteiger partial charge < -0.3 is 9.80 Å².